The third-order valence-electron chi connectivity index (χ3n) is 9.10. The van der Waals surface area contributed by atoms with Crippen molar-refractivity contribution in [2.75, 3.05) is 65.6 Å². The Kier molecular flexibility index (Phi) is 8.45. The van der Waals surface area contributed by atoms with E-state index in [1.165, 1.54) is 0 Å². The molecular formula is C26H43N5O5. The fourth-order valence-electron chi connectivity index (χ4n) is 6.79. The lowest BCUT2D eigenvalue weighted by atomic mass is 9.81. The maximum atomic E-state index is 13.4. The van der Waals surface area contributed by atoms with Gasteiger partial charge in [-0.2, -0.15) is 0 Å². The van der Waals surface area contributed by atoms with Crippen molar-refractivity contribution in [1.82, 2.24) is 25.8 Å². The lowest BCUT2D eigenvalue weighted by Crippen LogP contribution is -2.62. The summed E-state index contributed by atoms with van der Waals surface area (Å²) in [4.78, 5) is 44.0. The number of carbonyl (C=O) groups is 3. The van der Waals surface area contributed by atoms with Crippen LogP contribution >= 0.6 is 0 Å². The highest BCUT2D eigenvalue weighted by Gasteiger charge is 2.42. The molecule has 5 saturated heterocycles. The van der Waals surface area contributed by atoms with Crippen molar-refractivity contribution in [2.45, 2.75) is 69.1 Å². The fourth-order valence-corrected chi connectivity index (χ4v) is 6.79. The third kappa shape index (κ3) is 6.20. The molecule has 0 aromatic rings. The molecule has 3 amide bonds. The molecule has 202 valence electrons. The largest absolute Gasteiger partial charge is 0.381 e. The van der Waals surface area contributed by atoms with Crippen LogP contribution in [0.1, 0.15) is 51.4 Å². The number of ether oxygens (including phenoxy) is 2. The minimum Gasteiger partial charge on any atom is -0.381 e. The summed E-state index contributed by atoms with van der Waals surface area (Å²) in [6.45, 7) is 6.89. The van der Waals surface area contributed by atoms with Crippen molar-refractivity contribution < 1.29 is 23.9 Å². The standard InChI is InChI=1S/C26H43N5O5/c32-23-16-26(5-9-30(10-6-26)21-3-12-35-13-4-21)29-25(34)22-18-31(11-14-36-22)24(33)15-19-1-7-27-17-20(19)2-8-28-23/h19-22,27H,1-18H2,(H,28,32)(H,29,34)/t19-,20-,22-/m0/s1. The van der Waals surface area contributed by atoms with E-state index >= 15 is 0 Å². The van der Waals surface area contributed by atoms with Gasteiger partial charge in [0.25, 0.3) is 5.91 Å². The molecule has 3 atom stereocenters. The SMILES string of the molecule is O=C1CC2(CCN(C3CCOCC3)CC2)NC(=O)[C@@H]2CN(CCO2)C(=O)C[C@@H]2CCNC[C@@H]2CCN1. The second-order valence-corrected chi connectivity index (χ2v) is 11.4. The summed E-state index contributed by atoms with van der Waals surface area (Å²) in [5.41, 5.74) is -0.590. The van der Waals surface area contributed by atoms with Crippen molar-refractivity contribution in [1.29, 1.82) is 0 Å². The van der Waals surface area contributed by atoms with Crippen LogP contribution in [0.15, 0.2) is 0 Å². The van der Waals surface area contributed by atoms with Crippen molar-refractivity contribution in [3.63, 3.8) is 0 Å². The predicted molar refractivity (Wildman–Crippen MR) is 133 cm³/mol. The summed E-state index contributed by atoms with van der Waals surface area (Å²) in [7, 11) is 0. The van der Waals surface area contributed by atoms with Gasteiger partial charge in [0.1, 0.15) is 0 Å². The molecule has 0 saturated carbocycles. The molecular weight excluding hydrogens is 462 g/mol. The zero-order valence-corrected chi connectivity index (χ0v) is 21.5. The molecule has 3 N–H and O–H groups in total. The monoisotopic (exact) mass is 505 g/mol. The average Bonchev–Trinajstić information content (AvgIpc) is 2.90. The molecule has 10 heteroatoms. The van der Waals surface area contributed by atoms with Crippen LogP contribution in [0.25, 0.3) is 0 Å². The highest BCUT2D eigenvalue weighted by Crippen LogP contribution is 2.31. The minimum atomic E-state index is -0.690. The molecule has 5 heterocycles. The van der Waals surface area contributed by atoms with Crippen LogP contribution in [-0.4, -0.2) is 111 Å². The van der Waals surface area contributed by atoms with Crippen LogP contribution in [0.2, 0.25) is 0 Å². The molecule has 5 aliphatic heterocycles. The second kappa shape index (κ2) is 11.8. The van der Waals surface area contributed by atoms with E-state index in [4.69, 9.17) is 9.47 Å². The van der Waals surface area contributed by atoms with Gasteiger partial charge in [-0.05, 0) is 63.5 Å². The Bertz CT molecular complexity index is 796. The first-order valence-corrected chi connectivity index (χ1v) is 14.0. The number of fused-ring (bicyclic) bond motifs is 3. The Hall–Kier alpha value is -1.75. The number of nitrogens with zero attached hydrogens (tertiary/aromatic N) is 2. The maximum Gasteiger partial charge on any atom is 0.251 e. The molecule has 5 fully saturated rings. The van der Waals surface area contributed by atoms with Gasteiger partial charge in [-0.15, -0.1) is 0 Å². The van der Waals surface area contributed by atoms with E-state index in [1.54, 1.807) is 0 Å². The van der Waals surface area contributed by atoms with Gasteiger partial charge in [0.05, 0.1) is 18.7 Å². The quantitative estimate of drug-likeness (QED) is 0.455. The molecule has 0 aromatic carbocycles. The molecule has 5 aliphatic rings. The Balaban J connectivity index is 1.31. The number of rotatable bonds is 1. The molecule has 5 rings (SSSR count). The molecule has 0 aliphatic carbocycles. The topological polar surface area (TPSA) is 112 Å². The number of likely N-dealkylation sites (tertiary alicyclic amines) is 1. The zero-order chi connectivity index (χ0) is 25.0. The van der Waals surface area contributed by atoms with Gasteiger partial charge in [0.2, 0.25) is 11.8 Å². The lowest BCUT2D eigenvalue weighted by Gasteiger charge is -2.46. The van der Waals surface area contributed by atoms with Crippen molar-refractivity contribution in [3.8, 4) is 0 Å². The summed E-state index contributed by atoms with van der Waals surface area (Å²) < 4.78 is 11.4. The first-order chi connectivity index (χ1) is 17.5. The highest BCUT2D eigenvalue weighted by molar-refractivity contribution is 5.85. The molecule has 0 unspecified atom stereocenters. The van der Waals surface area contributed by atoms with E-state index in [0.717, 1.165) is 77.9 Å². The number of carbonyl (C=O) groups excluding carboxylic acids is 3. The molecule has 2 bridgehead atoms. The number of hydrogen-bond acceptors (Lipinski definition) is 7. The van der Waals surface area contributed by atoms with Gasteiger partial charge in [-0.3, -0.25) is 14.4 Å². The summed E-state index contributed by atoms with van der Waals surface area (Å²) >= 11 is 0. The van der Waals surface area contributed by atoms with Crippen LogP contribution < -0.4 is 16.0 Å². The fraction of sp³-hybridized carbons (Fsp3) is 0.885. The Morgan fingerprint density at radius 1 is 0.889 bits per heavy atom. The van der Waals surface area contributed by atoms with E-state index in [9.17, 15) is 14.4 Å². The smallest absolute Gasteiger partial charge is 0.251 e. The Morgan fingerprint density at radius 3 is 2.47 bits per heavy atom. The third-order valence-corrected chi connectivity index (χ3v) is 9.10. The maximum absolute atomic E-state index is 13.4. The molecule has 10 nitrogen and oxygen atoms in total. The summed E-state index contributed by atoms with van der Waals surface area (Å²) in [5, 5.41) is 9.84. The number of hydrogen-bond donors (Lipinski definition) is 3. The van der Waals surface area contributed by atoms with E-state index in [2.05, 4.69) is 20.9 Å². The summed E-state index contributed by atoms with van der Waals surface area (Å²) in [6, 6.07) is 0.515. The van der Waals surface area contributed by atoms with Crippen molar-refractivity contribution >= 4 is 17.7 Å². The lowest BCUT2D eigenvalue weighted by molar-refractivity contribution is -0.149. The number of morpholine rings is 1. The van der Waals surface area contributed by atoms with Crippen LogP contribution in [0, 0.1) is 11.8 Å². The van der Waals surface area contributed by atoms with Crippen LogP contribution in [0.3, 0.4) is 0 Å². The summed E-state index contributed by atoms with van der Waals surface area (Å²) in [5.74, 6) is 0.575. The van der Waals surface area contributed by atoms with Gasteiger partial charge >= 0.3 is 0 Å². The van der Waals surface area contributed by atoms with E-state index < -0.39 is 11.6 Å². The molecule has 0 radical (unpaired) electrons. The van der Waals surface area contributed by atoms with E-state index in [-0.39, 0.29) is 30.7 Å². The Morgan fingerprint density at radius 2 is 1.67 bits per heavy atom. The van der Waals surface area contributed by atoms with Gasteiger partial charge < -0.3 is 35.2 Å². The van der Waals surface area contributed by atoms with Gasteiger partial charge in [-0.1, -0.05) is 0 Å². The zero-order valence-electron chi connectivity index (χ0n) is 21.5. The van der Waals surface area contributed by atoms with Crippen LogP contribution in [-0.2, 0) is 23.9 Å². The van der Waals surface area contributed by atoms with Crippen molar-refractivity contribution in [2.24, 2.45) is 11.8 Å². The second-order valence-electron chi connectivity index (χ2n) is 11.4. The molecule has 36 heavy (non-hydrogen) atoms. The minimum absolute atomic E-state index is 0.00716. The van der Waals surface area contributed by atoms with Gasteiger partial charge in [-0.25, -0.2) is 0 Å². The van der Waals surface area contributed by atoms with Gasteiger partial charge in [0, 0.05) is 58.3 Å². The highest BCUT2D eigenvalue weighted by atomic mass is 16.5. The summed E-state index contributed by atoms with van der Waals surface area (Å²) in [6.07, 6.45) is 5.45. The first-order valence-electron chi connectivity index (χ1n) is 14.0. The van der Waals surface area contributed by atoms with Crippen LogP contribution in [0.5, 0.6) is 0 Å². The average molecular weight is 506 g/mol. The Labute approximate surface area is 214 Å². The van der Waals surface area contributed by atoms with E-state index in [1.807, 2.05) is 4.90 Å². The molecule has 0 aromatic heterocycles. The van der Waals surface area contributed by atoms with Crippen molar-refractivity contribution in [3.05, 3.63) is 0 Å². The normalized spacial score (nSPS) is 33.7. The number of amides is 3. The molecule has 1 spiro atoms. The van der Waals surface area contributed by atoms with E-state index in [0.29, 0.717) is 44.0 Å². The first kappa shape index (κ1) is 25.9. The number of nitrogens with one attached hydrogen (secondary N) is 3. The van der Waals surface area contributed by atoms with Gasteiger partial charge in [0.15, 0.2) is 6.10 Å². The predicted octanol–water partition coefficient (Wildman–Crippen LogP) is -0.131. The number of piperidine rings is 2. The van der Waals surface area contributed by atoms with Crippen LogP contribution in [0.4, 0.5) is 0 Å².